The van der Waals surface area contributed by atoms with Gasteiger partial charge in [-0.05, 0) is 6.42 Å². The number of nitrogens with zero attached hydrogens (tertiary/aromatic N) is 1. The van der Waals surface area contributed by atoms with Gasteiger partial charge in [-0.2, -0.15) is 0 Å². The summed E-state index contributed by atoms with van der Waals surface area (Å²) < 4.78 is 0. The van der Waals surface area contributed by atoms with E-state index in [1.54, 1.807) is 0 Å². The maximum atomic E-state index is 5.35. The van der Waals surface area contributed by atoms with Crippen LogP contribution in [0.15, 0.2) is 5.16 Å². The number of hydrogen-bond acceptors (Lipinski definition) is 3. The van der Waals surface area contributed by atoms with Crippen molar-refractivity contribution >= 4 is 5.71 Å². The van der Waals surface area contributed by atoms with E-state index in [0.717, 1.165) is 18.6 Å². The Balaban J connectivity index is 2.31. The predicted molar refractivity (Wildman–Crippen MR) is 36.3 cm³/mol. The molecule has 9 heavy (non-hydrogen) atoms. The molecule has 0 amide bonds. The molecule has 0 spiro atoms. The Morgan fingerprint density at radius 2 is 2.67 bits per heavy atom. The zero-order valence-electron chi connectivity index (χ0n) is 5.63. The molecule has 0 unspecified atom stereocenters. The quantitative estimate of drug-likeness (QED) is 0.588. The van der Waals surface area contributed by atoms with Gasteiger partial charge in [-0.3, -0.25) is 0 Å². The third kappa shape index (κ3) is 1.42. The van der Waals surface area contributed by atoms with Gasteiger partial charge in [0.05, 0.1) is 5.71 Å². The Labute approximate surface area is 54.9 Å². The largest absolute Gasteiger partial charge is 0.391 e. The first-order chi connectivity index (χ1) is 4.36. The van der Waals surface area contributed by atoms with Crippen molar-refractivity contribution in [3.05, 3.63) is 0 Å². The molecular formula is C6H12N2O. The molecule has 0 aromatic rings. The van der Waals surface area contributed by atoms with Crippen LogP contribution >= 0.6 is 0 Å². The lowest BCUT2D eigenvalue weighted by molar-refractivity contribution is 0.0918. The van der Waals surface area contributed by atoms with Crippen LogP contribution in [0.3, 0.4) is 0 Å². The van der Waals surface area contributed by atoms with Crippen molar-refractivity contribution in [2.24, 2.45) is 10.9 Å². The fraction of sp³-hybridized carbons (Fsp3) is 0.833. The molecule has 3 heteroatoms. The normalized spacial score (nSPS) is 25.6. The summed E-state index contributed by atoms with van der Waals surface area (Å²) in [6.07, 6.45) is 2.06. The van der Waals surface area contributed by atoms with Gasteiger partial charge in [0.15, 0.2) is 0 Å². The van der Waals surface area contributed by atoms with Crippen molar-refractivity contribution in [1.29, 1.82) is 0 Å². The van der Waals surface area contributed by atoms with Crippen LogP contribution in [-0.2, 0) is 4.84 Å². The second-order valence-corrected chi connectivity index (χ2v) is 2.18. The van der Waals surface area contributed by atoms with E-state index in [-0.39, 0.29) is 6.10 Å². The lowest BCUT2D eigenvalue weighted by Gasteiger charge is -2.00. The summed E-state index contributed by atoms with van der Waals surface area (Å²) in [7, 11) is 0. The van der Waals surface area contributed by atoms with Crippen LogP contribution < -0.4 is 5.73 Å². The Morgan fingerprint density at radius 1 is 1.89 bits per heavy atom. The summed E-state index contributed by atoms with van der Waals surface area (Å²) in [5, 5.41) is 3.84. The highest BCUT2D eigenvalue weighted by atomic mass is 16.6. The molecule has 0 bridgehead atoms. The van der Waals surface area contributed by atoms with Crippen molar-refractivity contribution in [2.75, 3.05) is 6.54 Å². The molecule has 0 aromatic heterocycles. The van der Waals surface area contributed by atoms with Gasteiger partial charge in [0.25, 0.3) is 0 Å². The van der Waals surface area contributed by atoms with Gasteiger partial charge in [0.2, 0.25) is 0 Å². The second kappa shape index (κ2) is 2.82. The Kier molecular flexibility index (Phi) is 2.05. The summed E-state index contributed by atoms with van der Waals surface area (Å²) >= 11 is 0. The van der Waals surface area contributed by atoms with Crippen LogP contribution in [0.4, 0.5) is 0 Å². The zero-order chi connectivity index (χ0) is 6.69. The minimum absolute atomic E-state index is 0.153. The molecule has 1 atom stereocenters. The summed E-state index contributed by atoms with van der Waals surface area (Å²) in [6.45, 7) is 2.65. The SMILES string of the molecule is CCC1=NO[C@@H](CN)C1. The fourth-order valence-corrected chi connectivity index (χ4v) is 0.822. The van der Waals surface area contributed by atoms with E-state index in [1.165, 1.54) is 0 Å². The van der Waals surface area contributed by atoms with Gasteiger partial charge in [-0.15, -0.1) is 0 Å². The topological polar surface area (TPSA) is 47.6 Å². The van der Waals surface area contributed by atoms with Crippen LogP contribution in [0.1, 0.15) is 19.8 Å². The average molecular weight is 128 g/mol. The van der Waals surface area contributed by atoms with Gasteiger partial charge in [0.1, 0.15) is 6.10 Å². The van der Waals surface area contributed by atoms with E-state index < -0.39 is 0 Å². The third-order valence-electron chi connectivity index (χ3n) is 1.47. The van der Waals surface area contributed by atoms with Crippen LogP contribution in [0.5, 0.6) is 0 Å². The molecule has 0 saturated carbocycles. The van der Waals surface area contributed by atoms with Gasteiger partial charge >= 0.3 is 0 Å². The molecule has 0 fully saturated rings. The van der Waals surface area contributed by atoms with Crippen molar-refractivity contribution in [1.82, 2.24) is 0 Å². The first-order valence-electron chi connectivity index (χ1n) is 3.28. The van der Waals surface area contributed by atoms with Crippen molar-refractivity contribution < 1.29 is 4.84 Å². The lowest BCUT2D eigenvalue weighted by Crippen LogP contribution is -2.19. The molecule has 1 aliphatic heterocycles. The minimum atomic E-state index is 0.153. The molecule has 0 radical (unpaired) electrons. The first-order valence-corrected chi connectivity index (χ1v) is 3.28. The highest BCUT2D eigenvalue weighted by Gasteiger charge is 2.16. The lowest BCUT2D eigenvalue weighted by atomic mass is 10.1. The molecular weight excluding hydrogens is 116 g/mol. The Morgan fingerprint density at radius 3 is 3.00 bits per heavy atom. The van der Waals surface area contributed by atoms with Crippen molar-refractivity contribution in [3.8, 4) is 0 Å². The predicted octanol–water partition coefficient (Wildman–Crippen LogP) is 0.500. The van der Waals surface area contributed by atoms with Crippen molar-refractivity contribution in [2.45, 2.75) is 25.9 Å². The monoisotopic (exact) mass is 128 g/mol. The van der Waals surface area contributed by atoms with E-state index in [4.69, 9.17) is 10.6 Å². The first kappa shape index (κ1) is 6.55. The molecule has 0 aliphatic carbocycles. The van der Waals surface area contributed by atoms with E-state index in [9.17, 15) is 0 Å². The average Bonchev–Trinajstić information content (AvgIpc) is 2.34. The number of hydrogen-bond donors (Lipinski definition) is 1. The third-order valence-corrected chi connectivity index (χ3v) is 1.47. The molecule has 2 N–H and O–H groups in total. The highest BCUT2D eigenvalue weighted by molar-refractivity contribution is 5.85. The van der Waals surface area contributed by atoms with Gasteiger partial charge in [0, 0.05) is 13.0 Å². The van der Waals surface area contributed by atoms with Crippen LogP contribution in [-0.4, -0.2) is 18.4 Å². The van der Waals surface area contributed by atoms with Crippen LogP contribution in [0.25, 0.3) is 0 Å². The molecule has 0 aromatic carbocycles. The zero-order valence-corrected chi connectivity index (χ0v) is 5.63. The fourth-order valence-electron chi connectivity index (χ4n) is 0.822. The van der Waals surface area contributed by atoms with E-state index in [0.29, 0.717) is 6.54 Å². The van der Waals surface area contributed by atoms with Gasteiger partial charge < -0.3 is 10.6 Å². The second-order valence-electron chi connectivity index (χ2n) is 2.18. The van der Waals surface area contributed by atoms with Crippen molar-refractivity contribution in [3.63, 3.8) is 0 Å². The number of oxime groups is 1. The maximum absolute atomic E-state index is 5.35. The molecule has 1 rings (SSSR count). The summed E-state index contributed by atoms with van der Waals surface area (Å²) in [4.78, 5) is 4.97. The van der Waals surface area contributed by atoms with Crippen LogP contribution in [0, 0.1) is 0 Å². The molecule has 1 heterocycles. The Hall–Kier alpha value is -0.570. The minimum Gasteiger partial charge on any atom is -0.391 e. The Bertz CT molecular complexity index is 122. The van der Waals surface area contributed by atoms with E-state index >= 15 is 0 Å². The number of nitrogens with two attached hydrogens (primary N) is 1. The molecule has 1 aliphatic rings. The standard InChI is InChI=1S/C6H12N2O/c1-2-5-3-6(4-7)9-8-5/h6H,2-4,7H2,1H3/t6-/m1/s1. The highest BCUT2D eigenvalue weighted by Crippen LogP contribution is 2.10. The van der Waals surface area contributed by atoms with Gasteiger partial charge in [-0.25, -0.2) is 0 Å². The summed E-state index contributed by atoms with van der Waals surface area (Å²) in [5.74, 6) is 0. The van der Waals surface area contributed by atoms with Gasteiger partial charge in [-0.1, -0.05) is 12.1 Å². The van der Waals surface area contributed by atoms with Crippen LogP contribution in [0.2, 0.25) is 0 Å². The maximum Gasteiger partial charge on any atom is 0.145 e. The summed E-state index contributed by atoms with van der Waals surface area (Å²) in [6, 6.07) is 0. The number of rotatable bonds is 2. The van der Waals surface area contributed by atoms with E-state index in [2.05, 4.69) is 12.1 Å². The molecule has 0 saturated heterocycles. The molecule has 3 nitrogen and oxygen atoms in total. The smallest absolute Gasteiger partial charge is 0.145 e. The van der Waals surface area contributed by atoms with E-state index in [1.807, 2.05) is 0 Å². The molecule has 52 valence electrons. The summed E-state index contributed by atoms with van der Waals surface area (Å²) in [5.41, 5.74) is 6.48.